The van der Waals surface area contributed by atoms with E-state index >= 15 is 0 Å². The second kappa shape index (κ2) is 9.29. The number of amides is 3. The third-order valence-electron chi connectivity index (χ3n) is 5.64. The highest BCUT2D eigenvalue weighted by molar-refractivity contribution is 5.94. The predicted molar refractivity (Wildman–Crippen MR) is 110 cm³/mol. The van der Waals surface area contributed by atoms with Gasteiger partial charge in [0.2, 0.25) is 11.8 Å². The van der Waals surface area contributed by atoms with Gasteiger partial charge in [-0.1, -0.05) is 0 Å². The molecule has 0 aliphatic carbocycles. The van der Waals surface area contributed by atoms with Gasteiger partial charge >= 0.3 is 0 Å². The normalized spacial score (nSPS) is 20.2. The smallest absolute Gasteiger partial charge is 0.253 e. The monoisotopic (exact) mass is 401 g/mol. The van der Waals surface area contributed by atoms with Gasteiger partial charge in [-0.15, -0.1) is 0 Å². The number of benzene rings is 1. The molecular weight excluding hydrogens is 370 g/mol. The quantitative estimate of drug-likeness (QED) is 0.757. The number of rotatable bonds is 5. The number of nitrogens with zero attached hydrogens (tertiary/aromatic N) is 3. The van der Waals surface area contributed by atoms with Crippen molar-refractivity contribution in [3.05, 3.63) is 29.8 Å². The molecule has 2 aliphatic heterocycles. The van der Waals surface area contributed by atoms with E-state index in [0.29, 0.717) is 51.3 Å². The highest BCUT2D eigenvalue weighted by atomic mass is 16.5. The van der Waals surface area contributed by atoms with Gasteiger partial charge in [0.25, 0.3) is 5.91 Å². The molecule has 1 aromatic carbocycles. The maximum Gasteiger partial charge on any atom is 0.253 e. The summed E-state index contributed by atoms with van der Waals surface area (Å²) >= 11 is 0. The van der Waals surface area contributed by atoms with Crippen LogP contribution < -0.4 is 4.74 Å². The molecule has 0 aromatic heterocycles. The molecule has 0 N–H and O–H groups in total. The van der Waals surface area contributed by atoms with Crippen LogP contribution in [0.4, 0.5) is 0 Å². The molecule has 7 nitrogen and oxygen atoms in total. The molecule has 0 radical (unpaired) electrons. The third-order valence-corrected chi connectivity index (χ3v) is 5.64. The number of hydrogen-bond donors (Lipinski definition) is 0. The van der Waals surface area contributed by atoms with Crippen molar-refractivity contribution in [1.82, 2.24) is 14.7 Å². The fourth-order valence-corrected chi connectivity index (χ4v) is 4.04. The average molecular weight is 402 g/mol. The summed E-state index contributed by atoms with van der Waals surface area (Å²) in [6.07, 6.45) is 1.03. The van der Waals surface area contributed by atoms with Gasteiger partial charge in [0.1, 0.15) is 5.75 Å². The first-order valence-electron chi connectivity index (χ1n) is 10.5. The van der Waals surface area contributed by atoms with Gasteiger partial charge in [0.15, 0.2) is 0 Å². The first kappa shape index (κ1) is 21.1. The summed E-state index contributed by atoms with van der Waals surface area (Å²) in [6, 6.07) is 7.30. The van der Waals surface area contributed by atoms with Crippen LogP contribution in [0.15, 0.2) is 24.3 Å². The minimum Gasteiger partial charge on any atom is -0.494 e. The van der Waals surface area contributed by atoms with E-state index in [4.69, 9.17) is 4.74 Å². The minimum atomic E-state index is -0.265. The second-order valence-corrected chi connectivity index (χ2v) is 7.97. The fourth-order valence-electron chi connectivity index (χ4n) is 4.04. The van der Waals surface area contributed by atoms with Gasteiger partial charge < -0.3 is 19.4 Å². The summed E-state index contributed by atoms with van der Waals surface area (Å²) in [5.41, 5.74) is 0.627. The van der Waals surface area contributed by atoms with E-state index in [1.807, 2.05) is 42.7 Å². The molecule has 2 heterocycles. The van der Waals surface area contributed by atoms with Crippen molar-refractivity contribution in [1.29, 1.82) is 0 Å². The summed E-state index contributed by atoms with van der Waals surface area (Å²) < 4.78 is 5.43. The van der Waals surface area contributed by atoms with Crippen LogP contribution in [0, 0.1) is 5.92 Å². The molecular formula is C22H31N3O4. The van der Waals surface area contributed by atoms with Crippen LogP contribution in [-0.4, -0.2) is 77.8 Å². The molecule has 7 heteroatoms. The third kappa shape index (κ3) is 4.89. The lowest BCUT2D eigenvalue weighted by atomic mass is 10.1. The Balaban J connectivity index is 1.58. The van der Waals surface area contributed by atoms with Crippen molar-refractivity contribution in [2.45, 2.75) is 39.7 Å². The van der Waals surface area contributed by atoms with E-state index < -0.39 is 0 Å². The maximum atomic E-state index is 12.9. The SMILES string of the molecule is CCOc1ccc(C(=O)N2CCCN(C(=O)C3CC(=O)N(C(C)C)C3)CC2)cc1. The Morgan fingerprint density at radius 1 is 1.07 bits per heavy atom. The molecule has 158 valence electrons. The molecule has 1 aromatic rings. The van der Waals surface area contributed by atoms with Gasteiger partial charge in [-0.2, -0.15) is 0 Å². The Bertz CT molecular complexity index is 747. The molecule has 0 spiro atoms. The van der Waals surface area contributed by atoms with Crippen molar-refractivity contribution in [3.8, 4) is 5.75 Å². The van der Waals surface area contributed by atoms with Crippen LogP contribution in [-0.2, 0) is 9.59 Å². The summed E-state index contributed by atoms with van der Waals surface area (Å²) in [5.74, 6) is 0.554. The topological polar surface area (TPSA) is 70.2 Å². The number of carbonyl (C=O) groups is 3. The van der Waals surface area contributed by atoms with Crippen LogP contribution >= 0.6 is 0 Å². The Labute approximate surface area is 172 Å². The molecule has 0 bridgehead atoms. The highest BCUT2D eigenvalue weighted by Crippen LogP contribution is 2.23. The van der Waals surface area contributed by atoms with Crippen LogP contribution in [0.25, 0.3) is 0 Å². The number of ether oxygens (including phenoxy) is 1. The highest BCUT2D eigenvalue weighted by Gasteiger charge is 2.38. The molecule has 2 aliphatic rings. The first-order valence-corrected chi connectivity index (χ1v) is 10.5. The minimum absolute atomic E-state index is 0.0237. The molecule has 1 atom stereocenters. The van der Waals surface area contributed by atoms with E-state index in [0.717, 1.165) is 12.2 Å². The Kier molecular flexibility index (Phi) is 6.77. The fraction of sp³-hybridized carbons (Fsp3) is 0.591. The van der Waals surface area contributed by atoms with Crippen molar-refractivity contribution in [2.24, 2.45) is 5.92 Å². The van der Waals surface area contributed by atoms with Crippen molar-refractivity contribution in [2.75, 3.05) is 39.3 Å². The van der Waals surface area contributed by atoms with E-state index in [9.17, 15) is 14.4 Å². The zero-order valence-electron chi connectivity index (χ0n) is 17.6. The van der Waals surface area contributed by atoms with Crippen LogP contribution in [0.3, 0.4) is 0 Å². The number of hydrogen-bond acceptors (Lipinski definition) is 4. The summed E-state index contributed by atoms with van der Waals surface area (Å²) in [5, 5.41) is 0. The van der Waals surface area contributed by atoms with E-state index in [-0.39, 0.29) is 29.7 Å². The molecule has 0 saturated carbocycles. The summed E-state index contributed by atoms with van der Waals surface area (Å²) in [6.45, 7) is 9.22. The standard InChI is InChI=1S/C22H31N3O4/c1-4-29-19-8-6-17(7-9-19)21(27)23-10-5-11-24(13-12-23)22(28)18-14-20(26)25(15-18)16(2)3/h6-9,16,18H,4-5,10-15H2,1-3H3. The molecule has 1 unspecified atom stereocenters. The van der Waals surface area contributed by atoms with Crippen LogP contribution in [0.5, 0.6) is 5.75 Å². The summed E-state index contributed by atoms with van der Waals surface area (Å²) in [4.78, 5) is 43.3. The second-order valence-electron chi connectivity index (χ2n) is 7.97. The predicted octanol–water partition coefficient (Wildman–Crippen LogP) is 2.02. The van der Waals surface area contributed by atoms with Gasteiger partial charge in [0, 0.05) is 50.7 Å². The van der Waals surface area contributed by atoms with E-state index in [1.54, 1.807) is 17.0 Å². The lowest BCUT2D eigenvalue weighted by Crippen LogP contribution is -2.41. The first-order chi connectivity index (χ1) is 13.9. The molecule has 3 rings (SSSR count). The average Bonchev–Trinajstić information content (AvgIpc) is 2.94. The van der Waals surface area contributed by atoms with E-state index in [2.05, 4.69) is 0 Å². The lowest BCUT2D eigenvalue weighted by molar-refractivity contribution is -0.135. The van der Waals surface area contributed by atoms with Gasteiger partial charge in [-0.25, -0.2) is 0 Å². The van der Waals surface area contributed by atoms with Crippen LogP contribution in [0.1, 0.15) is 44.0 Å². The van der Waals surface area contributed by atoms with Crippen LogP contribution in [0.2, 0.25) is 0 Å². The number of likely N-dealkylation sites (tertiary alicyclic amines) is 1. The van der Waals surface area contributed by atoms with E-state index in [1.165, 1.54) is 0 Å². The Morgan fingerprint density at radius 3 is 2.34 bits per heavy atom. The molecule has 2 saturated heterocycles. The van der Waals surface area contributed by atoms with Gasteiger partial charge in [0.05, 0.1) is 12.5 Å². The zero-order valence-corrected chi connectivity index (χ0v) is 17.6. The lowest BCUT2D eigenvalue weighted by Gasteiger charge is -2.25. The van der Waals surface area contributed by atoms with Crippen molar-refractivity contribution < 1.29 is 19.1 Å². The Hall–Kier alpha value is -2.57. The maximum absolute atomic E-state index is 12.9. The Morgan fingerprint density at radius 2 is 1.72 bits per heavy atom. The zero-order chi connectivity index (χ0) is 21.0. The number of carbonyl (C=O) groups excluding carboxylic acids is 3. The molecule has 29 heavy (non-hydrogen) atoms. The largest absolute Gasteiger partial charge is 0.494 e. The summed E-state index contributed by atoms with van der Waals surface area (Å²) in [7, 11) is 0. The van der Waals surface area contributed by atoms with Gasteiger partial charge in [-0.3, -0.25) is 14.4 Å². The van der Waals surface area contributed by atoms with Crippen molar-refractivity contribution >= 4 is 17.7 Å². The molecule has 2 fully saturated rings. The van der Waals surface area contributed by atoms with Crippen molar-refractivity contribution in [3.63, 3.8) is 0 Å². The molecule has 3 amide bonds. The van der Waals surface area contributed by atoms with Gasteiger partial charge in [-0.05, 0) is 51.5 Å².